The second-order valence-electron chi connectivity index (χ2n) is 7.10. The van der Waals surface area contributed by atoms with Gasteiger partial charge in [-0.25, -0.2) is 4.98 Å². The van der Waals surface area contributed by atoms with Crippen LogP contribution in [0.5, 0.6) is 0 Å². The zero-order valence-corrected chi connectivity index (χ0v) is 13.6. The SMILES string of the molecule is CCCC1CN(CCCn2ccnc2)C(C)(C2CC2)CN1. The molecule has 2 atom stereocenters. The van der Waals surface area contributed by atoms with E-state index in [9.17, 15) is 0 Å². The van der Waals surface area contributed by atoms with Crippen LogP contribution in [0.25, 0.3) is 0 Å². The fraction of sp³-hybridized carbons (Fsp3) is 0.824. The molecule has 21 heavy (non-hydrogen) atoms. The topological polar surface area (TPSA) is 33.1 Å². The molecule has 0 spiro atoms. The Balaban J connectivity index is 1.57. The molecular weight excluding hydrogens is 260 g/mol. The molecule has 0 amide bonds. The first-order chi connectivity index (χ1) is 10.2. The summed E-state index contributed by atoms with van der Waals surface area (Å²) in [5, 5.41) is 3.81. The van der Waals surface area contributed by atoms with Crippen molar-refractivity contribution in [3.63, 3.8) is 0 Å². The Morgan fingerprint density at radius 3 is 2.86 bits per heavy atom. The molecule has 1 aliphatic carbocycles. The van der Waals surface area contributed by atoms with Gasteiger partial charge < -0.3 is 9.88 Å². The number of imidazole rings is 1. The van der Waals surface area contributed by atoms with Gasteiger partial charge in [-0.1, -0.05) is 13.3 Å². The van der Waals surface area contributed by atoms with Gasteiger partial charge in [-0.2, -0.15) is 0 Å². The van der Waals surface area contributed by atoms with Gasteiger partial charge in [0, 0.05) is 50.2 Å². The summed E-state index contributed by atoms with van der Waals surface area (Å²) in [7, 11) is 0. The molecule has 0 bridgehead atoms. The van der Waals surface area contributed by atoms with E-state index in [0.29, 0.717) is 11.6 Å². The highest BCUT2D eigenvalue weighted by molar-refractivity contribution is 5.04. The van der Waals surface area contributed by atoms with Gasteiger partial charge in [0.1, 0.15) is 0 Å². The number of aryl methyl sites for hydroxylation is 1. The van der Waals surface area contributed by atoms with Crippen LogP contribution in [0.3, 0.4) is 0 Å². The van der Waals surface area contributed by atoms with Crippen molar-refractivity contribution in [2.45, 2.75) is 64.1 Å². The van der Waals surface area contributed by atoms with E-state index in [2.05, 4.69) is 39.8 Å². The van der Waals surface area contributed by atoms with Crippen molar-refractivity contribution >= 4 is 0 Å². The first-order valence-electron chi connectivity index (χ1n) is 8.66. The molecule has 1 aliphatic heterocycles. The molecule has 4 nitrogen and oxygen atoms in total. The number of aromatic nitrogens is 2. The number of piperazine rings is 1. The van der Waals surface area contributed by atoms with Crippen LogP contribution < -0.4 is 5.32 Å². The van der Waals surface area contributed by atoms with Crippen molar-refractivity contribution in [2.24, 2.45) is 5.92 Å². The Kier molecular flexibility index (Phi) is 4.65. The number of hydrogen-bond donors (Lipinski definition) is 1. The van der Waals surface area contributed by atoms with Crippen molar-refractivity contribution in [3.8, 4) is 0 Å². The first kappa shape index (κ1) is 15.0. The van der Waals surface area contributed by atoms with Gasteiger partial charge in [0.25, 0.3) is 0 Å². The van der Waals surface area contributed by atoms with E-state index in [-0.39, 0.29) is 0 Å². The van der Waals surface area contributed by atoms with Gasteiger partial charge in [0.15, 0.2) is 0 Å². The minimum Gasteiger partial charge on any atom is -0.337 e. The Morgan fingerprint density at radius 2 is 2.19 bits per heavy atom. The molecule has 1 saturated carbocycles. The third-order valence-corrected chi connectivity index (χ3v) is 5.41. The van der Waals surface area contributed by atoms with E-state index >= 15 is 0 Å². The maximum absolute atomic E-state index is 4.13. The highest BCUT2D eigenvalue weighted by atomic mass is 15.3. The van der Waals surface area contributed by atoms with Crippen LogP contribution in [-0.4, -0.2) is 45.7 Å². The lowest BCUT2D eigenvalue weighted by molar-refractivity contribution is 0.0313. The van der Waals surface area contributed by atoms with Crippen molar-refractivity contribution in [2.75, 3.05) is 19.6 Å². The van der Waals surface area contributed by atoms with E-state index in [1.54, 1.807) is 0 Å². The summed E-state index contributed by atoms with van der Waals surface area (Å²) >= 11 is 0. The molecule has 2 aliphatic rings. The predicted molar refractivity (Wildman–Crippen MR) is 86.2 cm³/mol. The van der Waals surface area contributed by atoms with E-state index in [0.717, 1.165) is 12.5 Å². The summed E-state index contributed by atoms with van der Waals surface area (Å²) in [5.74, 6) is 0.917. The molecule has 1 aromatic heterocycles. The maximum Gasteiger partial charge on any atom is 0.0945 e. The summed E-state index contributed by atoms with van der Waals surface area (Å²) in [6.45, 7) is 9.48. The van der Waals surface area contributed by atoms with Crippen molar-refractivity contribution in [3.05, 3.63) is 18.7 Å². The number of rotatable bonds is 7. The minimum atomic E-state index is 0.388. The molecule has 1 saturated heterocycles. The van der Waals surface area contributed by atoms with Gasteiger partial charge >= 0.3 is 0 Å². The van der Waals surface area contributed by atoms with Gasteiger partial charge in [-0.05, 0) is 38.5 Å². The van der Waals surface area contributed by atoms with Gasteiger partial charge in [-0.15, -0.1) is 0 Å². The highest BCUT2D eigenvalue weighted by Crippen LogP contribution is 2.44. The number of nitrogens with one attached hydrogen (secondary N) is 1. The first-order valence-corrected chi connectivity index (χ1v) is 8.66. The normalized spacial score (nSPS) is 30.7. The van der Waals surface area contributed by atoms with Crippen LogP contribution in [-0.2, 0) is 6.54 Å². The third kappa shape index (κ3) is 3.49. The van der Waals surface area contributed by atoms with Crippen molar-refractivity contribution in [1.82, 2.24) is 19.8 Å². The Labute approximate surface area is 128 Å². The van der Waals surface area contributed by atoms with E-state index in [4.69, 9.17) is 0 Å². The van der Waals surface area contributed by atoms with Crippen LogP contribution in [0.4, 0.5) is 0 Å². The molecule has 0 radical (unpaired) electrons. The fourth-order valence-electron chi connectivity index (χ4n) is 3.86. The van der Waals surface area contributed by atoms with E-state index < -0.39 is 0 Å². The summed E-state index contributed by atoms with van der Waals surface area (Å²) in [6, 6.07) is 0.690. The average molecular weight is 290 g/mol. The van der Waals surface area contributed by atoms with Gasteiger partial charge in [0.05, 0.1) is 6.33 Å². The molecule has 0 aromatic carbocycles. The lowest BCUT2D eigenvalue weighted by Crippen LogP contribution is -2.64. The van der Waals surface area contributed by atoms with Crippen LogP contribution in [0.2, 0.25) is 0 Å². The monoisotopic (exact) mass is 290 g/mol. The standard InChI is InChI=1S/C17H30N4/c1-3-5-16-12-21(10-4-9-20-11-8-18-14-20)17(2,13-19-16)15-6-7-15/h8,11,14-16,19H,3-7,9-10,12-13H2,1-2H3. The van der Waals surface area contributed by atoms with Crippen LogP contribution in [0.15, 0.2) is 18.7 Å². The van der Waals surface area contributed by atoms with Crippen LogP contribution in [0.1, 0.15) is 46.0 Å². The Morgan fingerprint density at radius 1 is 1.33 bits per heavy atom. The summed E-state index contributed by atoms with van der Waals surface area (Å²) in [5.41, 5.74) is 0.388. The maximum atomic E-state index is 4.13. The van der Waals surface area contributed by atoms with Crippen LogP contribution in [0, 0.1) is 5.92 Å². The molecule has 2 heterocycles. The number of nitrogens with zero attached hydrogens (tertiary/aromatic N) is 3. The molecule has 118 valence electrons. The second kappa shape index (κ2) is 6.49. The molecule has 1 aromatic rings. The summed E-state index contributed by atoms with van der Waals surface area (Å²) < 4.78 is 2.19. The molecular formula is C17H30N4. The van der Waals surface area contributed by atoms with Crippen molar-refractivity contribution < 1.29 is 0 Å². The predicted octanol–water partition coefficient (Wildman–Crippen LogP) is 2.52. The van der Waals surface area contributed by atoms with Crippen molar-refractivity contribution in [1.29, 1.82) is 0 Å². The lowest BCUT2D eigenvalue weighted by Gasteiger charge is -2.49. The second-order valence-corrected chi connectivity index (χ2v) is 7.10. The molecule has 3 rings (SSSR count). The summed E-state index contributed by atoms with van der Waals surface area (Å²) in [6.07, 6.45) is 12.5. The average Bonchev–Trinajstić information content (AvgIpc) is 3.22. The summed E-state index contributed by atoms with van der Waals surface area (Å²) in [4.78, 5) is 6.92. The Bertz CT molecular complexity index is 426. The smallest absolute Gasteiger partial charge is 0.0945 e. The van der Waals surface area contributed by atoms with Crippen LogP contribution >= 0.6 is 0 Å². The van der Waals surface area contributed by atoms with Gasteiger partial charge in [-0.3, -0.25) is 4.90 Å². The zero-order chi connectivity index (χ0) is 14.7. The third-order valence-electron chi connectivity index (χ3n) is 5.41. The highest BCUT2D eigenvalue weighted by Gasteiger charge is 2.47. The molecule has 2 fully saturated rings. The van der Waals surface area contributed by atoms with E-state index in [1.807, 2.05) is 12.5 Å². The lowest BCUT2D eigenvalue weighted by atomic mass is 9.88. The molecule has 1 N–H and O–H groups in total. The number of hydrogen-bond acceptors (Lipinski definition) is 3. The van der Waals surface area contributed by atoms with Gasteiger partial charge in [0.2, 0.25) is 0 Å². The Hall–Kier alpha value is -0.870. The zero-order valence-electron chi connectivity index (χ0n) is 13.6. The largest absolute Gasteiger partial charge is 0.337 e. The fourth-order valence-corrected chi connectivity index (χ4v) is 3.86. The minimum absolute atomic E-state index is 0.388. The quantitative estimate of drug-likeness (QED) is 0.837. The molecule has 2 unspecified atom stereocenters. The van der Waals surface area contributed by atoms with E-state index in [1.165, 1.54) is 51.7 Å². The molecule has 4 heteroatoms.